The van der Waals surface area contributed by atoms with Crippen molar-refractivity contribution in [2.75, 3.05) is 0 Å². The minimum atomic E-state index is -0.992. The van der Waals surface area contributed by atoms with Crippen LogP contribution in [0.1, 0.15) is 67.3 Å². The van der Waals surface area contributed by atoms with Crippen molar-refractivity contribution in [1.29, 1.82) is 0 Å². The summed E-state index contributed by atoms with van der Waals surface area (Å²) < 4.78 is 5.36. The van der Waals surface area contributed by atoms with Crippen LogP contribution >= 0.6 is 0 Å². The molecule has 4 heteroatoms. The molecule has 20 heavy (non-hydrogen) atoms. The van der Waals surface area contributed by atoms with Crippen LogP contribution in [0.15, 0.2) is 10.5 Å². The molecule has 0 bridgehead atoms. The van der Waals surface area contributed by atoms with Crippen LogP contribution in [0.5, 0.6) is 0 Å². The zero-order chi connectivity index (χ0) is 14.5. The Kier molecular flexibility index (Phi) is 5.24. The predicted octanol–water partition coefficient (Wildman–Crippen LogP) is 3.73. The molecule has 112 valence electrons. The molecule has 1 aliphatic carbocycles. The van der Waals surface area contributed by atoms with E-state index >= 15 is 0 Å². The summed E-state index contributed by atoms with van der Waals surface area (Å²) in [5.74, 6) is 0.695. The number of carboxylic acid groups (broad SMARTS) is 1. The van der Waals surface area contributed by atoms with E-state index in [9.17, 15) is 4.79 Å². The lowest BCUT2D eigenvalue weighted by molar-refractivity contribution is 0.0659. The third kappa shape index (κ3) is 3.85. The molecule has 0 saturated heterocycles. The number of furan rings is 1. The van der Waals surface area contributed by atoms with E-state index in [1.54, 1.807) is 6.92 Å². The van der Waals surface area contributed by atoms with Crippen LogP contribution in [0.3, 0.4) is 0 Å². The minimum Gasteiger partial charge on any atom is -0.475 e. The first-order valence-corrected chi connectivity index (χ1v) is 7.66. The van der Waals surface area contributed by atoms with Crippen molar-refractivity contribution in [2.45, 2.75) is 65.0 Å². The van der Waals surface area contributed by atoms with Gasteiger partial charge in [-0.1, -0.05) is 19.8 Å². The molecule has 0 spiro atoms. The molecular weight excluding hydrogens is 254 g/mol. The zero-order valence-electron chi connectivity index (χ0n) is 12.4. The zero-order valence-corrected chi connectivity index (χ0v) is 12.4. The van der Waals surface area contributed by atoms with Crippen LogP contribution in [0.4, 0.5) is 0 Å². The Morgan fingerprint density at radius 3 is 2.65 bits per heavy atom. The lowest BCUT2D eigenvalue weighted by Gasteiger charge is -2.28. The van der Waals surface area contributed by atoms with Gasteiger partial charge >= 0.3 is 5.97 Å². The number of hydrogen-bond acceptors (Lipinski definition) is 3. The van der Waals surface area contributed by atoms with Gasteiger partial charge in [0.05, 0.1) is 6.54 Å². The highest BCUT2D eigenvalue weighted by Gasteiger charge is 2.21. The summed E-state index contributed by atoms with van der Waals surface area (Å²) >= 11 is 0. The lowest BCUT2D eigenvalue weighted by atomic mass is 9.83. The van der Waals surface area contributed by atoms with Gasteiger partial charge in [0.1, 0.15) is 5.76 Å². The van der Waals surface area contributed by atoms with Gasteiger partial charge in [-0.2, -0.15) is 0 Å². The largest absolute Gasteiger partial charge is 0.475 e. The van der Waals surface area contributed by atoms with Crippen LogP contribution in [0.25, 0.3) is 0 Å². The Balaban J connectivity index is 1.79. The van der Waals surface area contributed by atoms with Gasteiger partial charge in [-0.15, -0.1) is 0 Å². The number of carboxylic acids is 1. The molecule has 2 N–H and O–H groups in total. The molecular formula is C16H25NO3. The molecule has 1 aromatic rings. The number of hydrogen-bond donors (Lipinski definition) is 2. The van der Waals surface area contributed by atoms with E-state index in [1.807, 2.05) is 6.07 Å². The van der Waals surface area contributed by atoms with Crippen molar-refractivity contribution in [2.24, 2.45) is 5.92 Å². The summed E-state index contributed by atoms with van der Waals surface area (Å²) in [7, 11) is 0. The number of rotatable bonds is 6. The second-order valence-corrected chi connectivity index (χ2v) is 5.92. The van der Waals surface area contributed by atoms with Gasteiger partial charge in [0.15, 0.2) is 0 Å². The van der Waals surface area contributed by atoms with E-state index in [0.717, 1.165) is 11.7 Å². The Labute approximate surface area is 120 Å². The van der Waals surface area contributed by atoms with Crippen molar-refractivity contribution in [3.05, 3.63) is 23.2 Å². The first-order chi connectivity index (χ1) is 9.60. The second kappa shape index (κ2) is 6.93. The summed E-state index contributed by atoms with van der Waals surface area (Å²) in [4.78, 5) is 10.9. The molecule has 1 aliphatic rings. The van der Waals surface area contributed by atoms with Crippen LogP contribution in [0, 0.1) is 12.8 Å². The van der Waals surface area contributed by atoms with Crippen molar-refractivity contribution in [3.63, 3.8) is 0 Å². The maximum atomic E-state index is 10.9. The van der Waals surface area contributed by atoms with Gasteiger partial charge in [0.25, 0.3) is 0 Å². The standard InChI is InChI=1S/C16H25NO3/c1-3-4-12-5-7-13(8-6-12)17-10-14-9-11(2)15(20-14)16(18)19/h9,12-13,17H,3-8,10H2,1-2H3,(H,18,19). The molecule has 0 aromatic carbocycles. The number of aromatic carboxylic acids is 1. The Morgan fingerprint density at radius 1 is 1.40 bits per heavy atom. The second-order valence-electron chi connectivity index (χ2n) is 5.92. The minimum absolute atomic E-state index is 0.0634. The molecule has 0 unspecified atom stereocenters. The molecule has 1 fully saturated rings. The molecule has 0 atom stereocenters. The highest BCUT2D eigenvalue weighted by molar-refractivity contribution is 5.86. The average molecular weight is 279 g/mol. The van der Waals surface area contributed by atoms with Crippen molar-refractivity contribution in [1.82, 2.24) is 5.32 Å². The molecule has 0 aliphatic heterocycles. The average Bonchev–Trinajstić information content (AvgIpc) is 2.80. The maximum absolute atomic E-state index is 10.9. The van der Waals surface area contributed by atoms with E-state index in [2.05, 4.69) is 12.2 Å². The molecule has 0 radical (unpaired) electrons. The Morgan fingerprint density at radius 2 is 2.10 bits per heavy atom. The Bertz CT molecular complexity index is 445. The van der Waals surface area contributed by atoms with E-state index in [1.165, 1.54) is 38.5 Å². The quantitative estimate of drug-likeness (QED) is 0.832. The summed E-state index contributed by atoms with van der Waals surface area (Å²) in [6.07, 6.45) is 7.69. The third-order valence-corrected chi connectivity index (χ3v) is 4.27. The van der Waals surface area contributed by atoms with Crippen LogP contribution in [0.2, 0.25) is 0 Å². The highest BCUT2D eigenvalue weighted by Crippen LogP contribution is 2.28. The fraction of sp³-hybridized carbons (Fsp3) is 0.688. The first kappa shape index (κ1) is 15.1. The summed E-state index contributed by atoms with van der Waals surface area (Å²) in [5.41, 5.74) is 0.695. The summed E-state index contributed by atoms with van der Waals surface area (Å²) in [6.45, 7) is 4.65. The summed E-state index contributed by atoms with van der Waals surface area (Å²) in [5, 5.41) is 12.5. The fourth-order valence-electron chi connectivity index (χ4n) is 3.16. The van der Waals surface area contributed by atoms with E-state index < -0.39 is 5.97 Å². The van der Waals surface area contributed by atoms with Gasteiger partial charge < -0.3 is 14.8 Å². The van der Waals surface area contributed by atoms with Gasteiger partial charge in [-0.3, -0.25) is 0 Å². The summed E-state index contributed by atoms with van der Waals surface area (Å²) in [6, 6.07) is 2.36. The number of carbonyl (C=O) groups is 1. The van der Waals surface area contributed by atoms with Gasteiger partial charge in [0, 0.05) is 11.6 Å². The van der Waals surface area contributed by atoms with Crippen molar-refractivity contribution < 1.29 is 14.3 Å². The molecule has 4 nitrogen and oxygen atoms in total. The van der Waals surface area contributed by atoms with Crippen LogP contribution in [-0.4, -0.2) is 17.1 Å². The van der Waals surface area contributed by atoms with E-state index in [-0.39, 0.29) is 5.76 Å². The van der Waals surface area contributed by atoms with Crippen molar-refractivity contribution >= 4 is 5.97 Å². The fourth-order valence-corrected chi connectivity index (χ4v) is 3.16. The maximum Gasteiger partial charge on any atom is 0.372 e. The van der Waals surface area contributed by atoms with Gasteiger partial charge in [-0.05, 0) is 44.6 Å². The van der Waals surface area contributed by atoms with Crippen LogP contribution < -0.4 is 5.32 Å². The molecule has 2 rings (SSSR count). The normalized spacial score (nSPS) is 22.9. The monoisotopic (exact) mass is 279 g/mol. The third-order valence-electron chi connectivity index (χ3n) is 4.27. The topological polar surface area (TPSA) is 62.5 Å². The lowest BCUT2D eigenvalue weighted by Crippen LogP contribution is -2.32. The highest BCUT2D eigenvalue weighted by atomic mass is 16.4. The molecule has 0 amide bonds. The van der Waals surface area contributed by atoms with Crippen molar-refractivity contribution in [3.8, 4) is 0 Å². The Hall–Kier alpha value is -1.29. The molecule has 1 saturated carbocycles. The predicted molar refractivity (Wildman–Crippen MR) is 77.9 cm³/mol. The number of aryl methyl sites for hydroxylation is 1. The SMILES string of the molecule is CCCC1CCC(NCc2cc(C)c(C(=O)O)o2)CC1. The van der Waals surface area contributed by atoms with Gasteiger partial charge in [-0.25, -0.2) is 4.79 Å². The van der Waals surface area contributed by atoms with E-state index in [4.69, 9.17) is 9.52 Å². The molecule has 1 heterocycles. The smallest absolute Gasteiger partial charge is 0.372 e. The van der Waals surface area contributed by atoms with Crippen LogP contribution in [-0.2, 0) is 6.54 Å². The number of nitrogens with one attached hydrogen (secondary N) is 1. The molecule has 1 aromatic heterocycles. The van der Waals surface area contributed by atoms with E-state index in [0.29, 0.717) is 18.2 Å². The van der Waals surface area contributed by atoms with Gasteiger partial charge in [0.2, 0.25) is 5.76 Å². The first-order valence-electron chi connectivity index (χ1n) is 7.66.